The van der Waals surface area contributed by atoms with Gasteiger partial charge in [-0.3, -0.25) is 14.3 Å². The van der Waals surface area contributed by atoms with E-state index >= 15 is 0 Å². The third kappa shape index (κ3) is 3.89. The number of pyridine rings is 1. The van der Waals surface area contributed by atoms with Crippen molar-refractivity contribution < 1.29 is 0 Å². The van der Waals surface area contributed by atoms with Crippen LogP contribution in [0.1, 0.15) is 5.56 Å². The number of nitrogens with zero attached hydrogens (tertiary/aromatic N) is 3. The number of hydrogen-bond donors (Lipinski definition) is 3. The topological polar surface area (TPSA) is 112 Å². The van der Waals surface area contributed by atoms with E-state index in [9.17, 15) is 4.79 Å². The molecule has 1 aromatic carbocycles. The maximum Gasteiger partial charge on any atom is 0.278 e. The molecule has 3 rings (SSSR count). The highest BCUT2D eigenvalue weighted by atomic mass is 16.1. The van der Waals surface area contributed by atoms with E-state index in [2.05, 4.69) is 15.3 Å². The Kier molecular flexibility index (Phi) is 5.28. The minimum absolute atomic E-state index is 0.109. The number of nitrogen functional groups attached to an aromatic ring is 1. The fourth-order valence-corrected chi connectivity index (χ4v) is 2.72. The molecule has 26 heavy (non-hydrogen) atoms. The van der Waals surface area contributed by atoms with Crippen LogP contribution >= 0.6 is 0 Å². The van der Waals surface area contributed by atoms with Gasteiger partial charge in [-0.05, 0) is 24.1 Å². The summed E-state index contributed by atoms with van der Waals surface area (Å²) in [6.45, 7) is 0.481. The summed E-state index contributed by atoms with van der Waals surface area (Å²) in [5.74, 6) is 0.430. The Balaban J connectivity index is 1.79. The Morgan fingerprint density at radius 1 is 1.15 bits per heavy atom. The highest BCUT2D eigenvalue weighted by molar-refractivity contribution is 5.72. The molecular weight excluding hydrogens is 328 g/mol. The lowest BCUT2D eigenvalue weighted by Gasteiger charge is -2.17. The molecule has 7 heteroatoms. The van der Waals surface area contributed by atoms with Crippen LogP contribution in [0.15, 0.2) is 59.7 Å². The quantitative estimate of drug-likeness (QED) is 0.620. The van der Waals surface area contributed by atoms with E-state index in [0.29, 0.717) is 18.2 Å². The average Bonchev–Trinajstić information content (AvgIpc) is 2.67. The number of nitrogens with one attached hydrogen (secondary N) is 1. The minimum atomic E-state index is -0.300. The van der Waals surface area contributed by atoms with Crippen molar-refractivity contribution >= 4 is 11.6 Å². The first-order chi connectivity index (χ1) is 12.6. The summed E-state index contributed by atoms with van der Waals surface area (Å²) in [4.78, 5) is 20.9. The Morgan fingerprint density at radius 2 is 1.85 bits per heavy atom. The summed E-state index contributed by atoms with van der Waals surface area (Å²) in [5.41, 5.74) is 14.3. The first kappa shape index (κ1) is 17.6. The molecule has 7 nitrogen and oxygen atoms in total. The summed E-state index contributed by atoms with van der Waals surface area (Å²) in [6.07, 6.45) is 4.00. The predicted octanol–water partition coefficient (Wildman–Crippen LogP) is 1.41. The van der Waals surface area contributed by atoms with Gasteiger partial charge in [-0.2, -0.15) is 0 Å². The lowest BCUT2D eigenvalue weighted by atomic mass is 10.1. The van der Waals surface area contributed by atoms with Crippen molar-refractivity contribution in [3.63, 3.8) is 0 Å². The SMILES string of the molecule is Cn1c(NC[C@H](N)Cc2ccccc2)nc(-c2ccncc2)c(N)c1=O. The fourth-order valence-electron chi connectivity index (χ4n) is 2.72. The van der Waals surface area contributed by atoms with E-state index in [-0.39, 0.29) is 17.3 Å². The molecule has 3 aromatic rings. The second-order valence-electron chi connectivity index (χ2n) is 6.13. The van der Waals surface area contributed by atoms with E-state index in [4.69, 9.17) is 11.5 Å². The summed E-state index contributed by atoms with van der Waals surface area (Å²) in [5, 5.41) is 3.17. The highest BCUT2D eigenvalue weighted by Gasteiger charge is 2.14. The largest absolute Gasteiger partial charge is 0.392 e. The van der Waals surface area contributed by atoms with Crippen molar-refractivity contribution in [2.24, 2.45) is 12.8 Å². The van der Waals surface area contributed by atoms with Crippen LogP contribution in [0.5, 0.6) is 0 Å². The van der Waals surface area contributed by atoms with Crippen LogP contribution in [0.3, 0.4) is 0 Å². The standard InChI is InChI=1S/C19H22N6O/c1-25-18(26)16(21)17(14-7-9-22-10-8-14)24-19(25)23-12-15(20)11-13-5-3-2-4-6-13/h2-10,15H,11-12,20-21H2,1H3,(H,23,24)/t15-/m1/s1. The zero-order chi connectivity index (χ0) is 18.5. The minimum Gasteiger partial charge on any atom is -0.392 e. The summed E-state index contributed by atoms with van der Waals surface area (Å²) in [7, 11) is 1.63. The van der Waals surface area contributed by atoms with Crippen molar-refractivity contribution in [2.75, 3.05) is 17.6 Å². The van der Waals surface area contributed by atoms with Gasteiger partial charge in [0.05, 0.1) is 0 Å². The van der Waals surface area contributed by atoms with Gasteiger partial charge in [0.2, 0.25) is 5.95 Å². The monoisotopic (exact) mass is 350 g/mol. The van der Waals surface area contributed by atoms with Crippen molar-refractivity contribution in [1.29, 1.82) is 0 Å². The number of aromatic nitrogens is 3. The number of rotatable bonds is 6. The number of hydrogen-bond acceptors (Lipinski definition) is 6. The summed E-state index contributed by atoms with van der Waals surface area (Å²) < 4.78 is 1.40. The molecule has 0 aliphatic rings. The van der Waals surface area contributed by atoms with Gasteiger partial charge in [-0.15, -0.1) is 0 Å². The molecule has 0 saturated heterocycles. The predicted molar refractivity (Wildman–Crippen MR) is 104 cm³/mol. The second kappa shape index (κ2) is 7.79. The molecule has 0 saturated carbocycles. The molecule has 0 fully saturated rings. The van der Waals surface area contributed by atoms with E-state index in [1.54, 1.807) is 31.6 Å². The Hall–Kier alpha value is -3.19. The molecule has 0 aliphatic heterocycles. The molecule has 134 valence electrons. The van der Waals surface area contributed by atoms with Crippen LogP contribution in [0.25, 0.3) is 11.3 Å². The number of benzene rings is 1. The fraction of sp³-hybridized carbons (Fsp3) is 0.211. The van der Waals surface area contributed by atoms with E-state index in [0.717, 1.165) is 12.0 Å². The third-order valence-corrected chi connectivity index (χ3v) is 4.14. The Bertz CT molecular complexity index is 924. The van der Waals surface area contributed by atoms with E-state index < -0.39 is 0 Å². The molecular formula is C19H22N6O. The van der Waals surface area contributed by atoms with Gasteiger partial charge in [0, 0.05) is 37.6 Å². The Labute approximate surface area is 151 Å². The molecule has 0 spiro atoms. The average molecular weight is 350 g/mol. The van der Waals surface area contributed by atoms with Gasteiger partial charge in [0.1, 0.15) is 11.4 Å². The van der Waals surface area contributed by atoms with E-state index in [1.807, 2.05) is 30.3 Å². The third-order valence-electron chi connectivity index (χ3n) is 4.14. The second-order valence-corrected chi connectivity index (χ2v) is 6.13. The van der Waals surface area contributed by atoms with Crippen molar-refractivity contribution in [3.05, 3.63) is 70.8 Å². The van der Waals surface area contributed by atoms with Crippen LogP contribution in [-0.4, -0.2) is 27.1 Å². The molecule has 0 radical (unpaired) electrons. The van der Waals surface area contributed by atoms with Gasteiger partial charge in [-0.1, -0.05) is 30.3 Å². The van der Waals surface area contributed by atoms with Crippen LogP contribution in [-0.2, 0) is 13.5 Å². The first-order valence-electron chi connectivity index (χ1n) is 8.36. The normalized spacial score (nSPS) is 11.9. The maximum absolute atomic E-state index is 12.4. The zero-order valence-electron chi connectivity index (χ0n) is 14.6. The van der Waals surface area contributed by atoms with Crippen LogP contribution in [0.4, 0.5) is 11.6 Å². The lowest BCUT2D eigenvalue weighted by Crippen LogP contribution is -2.34. The van der Waals surface area contributed by atoms with Gasteiger partial charge < -0.3 is 16.8 Å². The lowest BCUT2D eigenvalue weighted by molar-refractivity contribution is 0.688. The van der Waals surface area contributed by atoms with Gasteiger partial charge >= 0.3 is 0 Å². The molecule has 0 unspecified atom stereocenters. The van der Waals surface area contributed by atoms with Gasteiger partial charge in [-0.25, -0.2) is 4.98 Å². The smallest absolute Gasteiger partial charge is 0.278 e. The molecule has 2 aromatic heterocycles. The summed E-state index contributed by atoms with van der Waals surface area (Å²) in [6, 6.07) is 13.4. The zero-order valence-corrected chi connectivity index (χ0v) is 14.6. The highest BCUT2D eigenvalue weighted by Crippen LogP contribution is 2.21. The van der Waals surface area contributed by atoms with Crippen LogP contribution < -0.4 is 22.3 Å². The molecule has 1 atom stereocenters. The van der Waals surface area contributed by atoms with Gasteiger partial charge in [0.25, 0.3) is 5.56 Å². The van der Waals surface area contributed by atoms with Crippen molar-refractivity contribution in [3.8, 4) is 11.3 Å². The number of anilines is 2. The molecule has 5 N–H and O–H groups in total. The molecule has 0 bridgehead atoms. The van der Waals surface area contributed by atoms with E-state index in [1.165, 1.54) is 10.1 Å². The molecule has 0 aliphatic carbocycles. The van der Waals surface area contributed by atoms with Crippen molar-refractivity contribution in [1.82, 2.24) is 14.5 Å². The molecule has 2 heterocycles. The first-order valence-corrected chi connectivity index (χ1v) is 8.36. The van der Waals surface area contributed by atoms with Crippen LogP contribution in [0, 0.1) is 0 Å². The molecule has 0 amide bonds. The number of nitrogens with two attached hydrogens (primary N) is 2. The Morgan fingerprint density at radius 3 is 2.54 bits per heavy atom. The van der Waals surface area contributed by atoms with Gasteiger partial charge in [0.15, 0.2) is 0 Å². The maximum atomic E-state index is 12.4. The summed E-state index contributed by atoms with van der Waals surface area (Å²) >= 11 is 0. The van der Waals surface area contributed by atoms with Crippen LogP contribution in [0.2, 0.25) is 0 Å². The van der Waals surface area contributed by atoms with Crippen molar-refractivity contribution in [2.45, 2.75) is 12.5 Å².